The van der Waals surface area contributed by atoms with Crippen LogP contribution in [0.15, 0.2) is 158 Å². The molecule has 0 aliphatic heterocycles. The molecule has 0 saturated carbocycles. The van der Waals surface area contributed by atoms with Crippen LogP contribution in [0.1, 0.15) is 16.7 Å². The van der Waals surface area contributed by atoms with Gasteiger partial charge in [0.15, 0.2) is 0 Å². The summed E-state index contributed by atoms with van der Waals surface area (Å²) in [6, 6.07) is 56.9. The van der Waals surface area contributed by atoms with E-state index >= 15 is 0 Å². The maximum Gasteiger partial charge on any atom is 0.0541 e. The van der Waals surface area contributed by atoms with Crippen molar-refractivity contribution in [2.24, 2.45) is 0 Å². The topological polar surface area (TPSA) is 17.0 Å². The zero-order valence-electron chi connectivity index (χ0n) is 27.0. The molecule has 1 aromatic heterocycles. The first-order valence-electron chi connectivity index (χ1n) is 16.3. The van der Waals surface area contributed by atoms with E-state index in [9.17, 15) is 0 Å². The average molecular weight is 605 g/mol. The molecule has 2 heteroatoms. The molecule has 1 N–H and O–H groups in total. The Morgan fingerprint density at radius 1 is 0.404 bits per heavy atom. The molecule has 0 radical (unpaired) electrons. The molecule has 7 aromatic carbocycles. The molecule has 0 unspecified atom stereocenters. The Bertz CT molecular complexity index is 2340. The van der Waals surface area contributed by atoms with Gasteiger partial charge in [-0.05, 0) is 108 Å². The van der Waals surface area contributed by atoms with Crippen molar-refractivity contribution < 1.29 is 0 Å². The maximum atomic E-state index is 3.67. The predicted octanol–water partition coefficient (Wildman–Crippen LogP) is 12.5. The maximum absolute atomic E-state index is 3.67. The molecule has 0 aliphatic carbocycles. The minimum absolute atomic E-state index is 1.07. The highest BCUT2D eigenvalue weighted by molar-refractivity contribution is 6.09. The van der Waals surface area contributed by atoms with Crippen LogP contribution in [0.25, 0.3) is 60.9 Å². The molecule has 0 aliphatic rings. The standard InChI is InChI=1S/C45H36N2/c1-30-12-4-5-13-37(30)38-14-6-9-17-43(38)46-35-24-20-33(21-25-35)41-28-32(3)42(29-31(41)2)34-22-26-36(27-23-34)47-44-18-10-7-15-39(44)40-16-8-11-19-45(40)47/h4-29,46H,1-3H3. The molecule has 226 valence electrons. The van der Waals surface area contributed by atoms with Gasteiger partial charge in [0.05, 0.1) is 11.0 Å². The van der Waals surface area contributed by atoms with Gasteiger partial charge in [0.25, 0.3) is 0 Å². The summed E-state index contributed by atoms with van der Waals surface area (Å²) < 4.78 is 2.37. The molecular weight excluding hydrogens is 569 g/mol. The number of fused-ring (bicyclic) bond motifs is 3. The zero-order valence-corrected chi connectivity index (χ0v) is 27.0. The summed E-state index contributed by atoms with van der Waals surface area (Å²) in [6.07, 6.45) is 0. The smallest absolute Gasteiger partial charge is 0.0541 e. The van der Waals surface area contributed by atoms with Gasteiger partial charge in [-0.25, -0.2) is 0 Å². The van der Waals surface area contributed by atoms with Crippen LogP contribution in [-0.2, 0) is 0 Å². The van der Waals surface area contributed by atoms with Crippen molar-refractivity contribution in [3.63, 3.8) is 0 Å². The Morgan fingerprint density at radius 2 is 0.894 bits per heavy atom. The predicted molar refractivity (Wildman–Crippen MR) is 201 cm³/mol. The Labute approximate surface area is 276 Å². The Balaban J connectivity index is 1.07. The molecule has 0 saturated heterocycles. The van der Waals surface area contributed by atoms with E-state index in [2.05, 4.69) is 188 Å². The molecule has 8 aromatic rings. The fourth-order valence-corrected chi connectivity index (χ4v) is 7.02. The molecule has 8 rings (SSSR count). The second-order valence-corrected chi connectivity index (χ2v) is 12.5. The molecule has 47 heavy (non-hydrogen) atoms. The average Bonchev–Trinajstić information content (AvgIpc) is 3.45. The zero-order chi connectivity index (χ0) is 31.9. The summed E-state index contributed by atoms with van der Waals surface area (Å²) in [7, 11) is 0. The lowest BCUT2D eigenvalue weighted by molar-refractivity contribution is 1.18. The van der Waals surface area contributed by atoms with Gasteiger partial charge in [0.1, 0.15) is 0 Å². The molecule has 2 nitrogen and oxygen atoms in total. The lowest BCUT2D eigenvalue weighted by Gasteiger charge is -2.16. The van der Waals surface area contributed by atoms with E-state index in [0.717, 1.165) is 11.4 Å². The van der Waals surface area contributed by atoms with Crippen molar-refractivity contribution >= 4 is 33.2 Å². The highest BCUT2D eigenvalue weighted by Gasteiger charge is 2.13. The van der Waals surface area contributed by atoms with Gasteiger partial charge in [-0.3, -0.25) is 0 Å². The van der Waals surface area contributed by atoms with Crippen molar-refractivity contribution in [3.05, 3.63) is 174 Å². The third kappa shape index (κ3) is 5.18. The van der Waals surface area contributed by atoms with Crippen LogP contribution in [0, 0.1) is 20.8 Å². The van der Waals surface area contributed by atoms with Crippen molar-refractivity contribution in [2.75, 3.05) is 5.32 Å². The monoisotopic (exact) mass is 604 g/mol. The van der Waals surface area contributed by atoms with Crippen LogP contribution < -0.4 is 5.32 Å². The normalized spacial score (nSPS) is 11.3. The van der Waals surface area contributed by atoms with Gasteiger partial charge in [-0.2, -0.15) is 0 Å². The van der Waals surface area contributed by atoms with Crippen LogP contribution >= 0.6 is 0 Å². The number of benzene rings is 7. The first-order chi connectivity index (χ1) is 23.0. The molecule has 0 amide bonds. The summed E-state index contributed by atoms with van der Waals surface area (Å²) >= 11 is 0. The van der Waals surface area contributed by atoms with E-state index in [1.165, 1.54) is 77.6 Å². The summed E-state index contributed by atoms with van der Waals surface area (Å²) in [5, 5.41) is 6.23. The van der Waals surface area contributed by atoms with Gasteiger partial charge in [0, 0.05) is 33.4 Å². The van der Waals surface area contributed by atoms with E-state index in [0.29, 0.717) is 0 Å². The number of aromatic nitrogens is 1. The summed E-state index contributed by atoms with van der Waals surface area (Å²) in [5.41, 5.74) is 17.1. The van der Waals surface area contributed by atoms with Crippen LogP contribution in [0.5, 0.6) is 0 Å². The minimum Gasteiger partial charge on any atom is -0.355 e. The van der Waals surface area contributed by atoms with Crippen molar-refractivity contribution in [3.8, 4) is 39.1 Å². The molecule has 1 heterocycles. The highest BCUT2D eigenvalue weighted by atomic mass is 15.0. The molecule has 0 spiro atoms. The Morgan fingerprint density at radius 3 is 1.49 bits per heavy atom. The molecule has 0 fully saturated rings. The Hall–Kier alpha value is -5.86. The third-order valence-electron chi connectivity index (χ3n) is 9.43. The fourth-order valence-electron chi connectivity index (χ4n) is 7.02. The minimum atomic E-state index is 1.07. The molecule has 0 atom stereocenters. The highest BCUT2D eigenvalue weighted by Crippen LogP contribution is 2.36. The van der Waals surface area contributed by atoms with E-state index in [1.54, 1.807) is 0 Å². The van der Waals surface area contributed by atoms with E-state index in [-0.39, 0.29) is 0 Å². The lowest BCUT2D eigenvalue weighted by atomic mass is 9.92. The summed E-state index contributed by atoms with van der Waals surface area (Å²) in [6.45, 7) is 6.60. The second kappa shape index (κ2) is 11.8. The van der Waals surface area contributed by atoms with E-state index in [4.69, 9.17) is 0 Å². The van der Waals surface area contributed by atoms with Crippen molar-refractivity contribution in [1.29, 1.82) is 0 Å². The largest absolute Gasteiger partial charge is 0.355 e. The number of nitrogens with zero attached hydrogens (tertiary/aromatic N) is 1. The summed E-state index contributed by atoms with van der Waals surface area (Å²) in [4.78, 5) is 0. The third-order valence-corrected chi connectivity index (χ3v) is 9.43. The number of hydrogen-bond donors (Lipinski definition) is 1. The van der Waals surface area contributed by atoms with Crippen LogP contribution in [0.3, 0.4) is 0 Å². The number of rotatable bonds is 6. The number of hydrogen-bond acceptors (Lipinski definition) is 1. The van der Waals surface area contributed by atoms with Crippen molar-refractivity contribution in [2.45, 2.75) is 20.8 Å². The van der Waals surface area contributed by atoms with Crippen LogP contribution in [0.2, 0.25) is 0 Å². The second-order valence-electron chi connectivity index (χ2n) is 12.5. The number of anilines is 2. The lowest BCUT2D eigenvalue weighted by Crippen LogP contribution is -1.95. The van der Waals surface area contributed by atoms with Crippen LogP contribution in [0.4, 0.5) is 11.4 Å². The summed E-state index contributed by atoms with van der Waals surface area (Å²) in [5.74, 6) is 0. The van der Waals surface area contributed by atoms with Gasteiger partial charge < -0.3 is 9.88 Å². The van der Waals surface area contributed by atoms with Crippen LogP contribution in [-0.4, -0.2) is 4.57 Å². The fraction of sp³-hybridized carbons (Fsp3) is 0.0667. The van der Waals surface area contributed by atoms with Gasteiger partial charge >= 0.3 is 0 Å². The van der Waals surface area contributed by atoms with E-state index < -0.39 is 0 Å². The Kier molecular flexibility index (Phi) is 7.19. The van der Waals surface area contributed by atoms with Gasteiger partial charge in [-0.15, -0.1) is 0 Å². The van der Waals surface area contributed by atoms with Crippen molar-refractivity contribution in [1.82, 2.24) is 4.57 Å². The quantitative estimate of drug-likeness (QED) is 0.200. The molecule has 0 bridgehead atoms. The number of aryl methyl sites for hydroxylation is 3. The van der Waals surface area contributed by atoms with Gasteiger partial charge in [-0.1, -0.05) is 115 Å². The van der Waals surface area contributed by atoms with Gasteiger partial charge in [0.2, 0.25) is 0 Å². The SMILES string of the molecule is Cc1cc(-c2ccc(-n3c4ccccc4c4ccccc43)cc2)c(C)cc1-c1ccc(Nc2ccccc2-c2ccccc2C)cc1. The molecular formula is C45H36N2. The number of nitrogens with one attached hydrogen (secondary N) is 1. The van der Waals surface area contributed by atoms with E-state index in [1.807, 2.05) is 0 Å². The first kappa shape index (κ1) is 28.6. The first-order valence-corrected chi connectivity index (χ1v) is 16.3. The number of para-hydroxylation sites is 3.